The Kier molecular flexibility index (Phi) is 7.29. The van der Waals surface area contributed by atoms with E-state index in [1.54, 1.807) is 0 Å². The number of carbonyl (C=O) groups excluding carboxylic acids is 1. The lowest BCUT2D eigenvalue weighted by molar-refractivity contribution is 0.0890. The van der Waals surface area contributed by atoms with Crippen LogP contribution in [0.5, 0.6) is 11.6 Å². The van der Waals surface area contributed by atoms with E-state index in [4.69, 9.17) is 9.47 Å². The minimum Gasteiger partial charge on any atom is -0.494 e. The van der Waals surface area contributed by atoms with Crippen LogP contribution in [0.15, 0.2) is 42.6 Å². The number of nitrogens with one attached hydrogen (secondary N) is 1. The summed E-state index contributed by atoms with van der Waals surface area (Å²) in [6.07, 6.45) is 7.81. The summed E-state index contributed by atoms with van der Waals surface area (Å²) in [5, 5.41) is 3.15. The highest BCUT2D eigenvalue weighted by Crippen LogP contribution is 2.23. The highest BCUT2D eigenvalue weighted by molar-refractivity contribution is 5.94. The molecule has 28 heavy (non-hydrogen) atoms. The lowest BCUT2D eigenvalue weighted by Gasteiger charge is -2.29. The van der Waals surface area contributed by atoms with Gasteiger partial charge in [-0.05, 0) is 68.9 Å². The van der Waals surface area contributed by atoms with Crippen molar-refractivity contribution in [1.29, 1.82) is 0 Å². The first-order valence-electron chi connectivity index (χ1n) is 10.3. The molecule has 1 aromatic carbocycles. The Bertz CT molecular complexity index is 735. The van der Waals surface area contributed by atoms with Gasteiger partial charge in [0.2, 0.25) is 5.88 Å². The highest BCUT2D eigenvalue weighted by Gasteiger charge is 2.24. The number of aromatic nitrogens is 1. The van der Waals surface area contributed by atoms with Crippen molar-refractivity contribution in [2.75, 3.05) is 6.61 Å². The summed E-state index contributed by atoms with van der Waals surface area (Å²) in [6, 6.07) is 11.5. The molecular formula is C23H30N2O3. The molecule has 1 N–H and O–H groups in total. The Labute approximate surface area is 167 Å². The molecule has 150 valence electrons. The molecule has 0 atom stereocenters. The van der Waals surface area contributed by atoms with Crippen LogP contribution in [0.2, 0.25) is 0 Å². The molecule has 0 radical (unpaired) electrons. The van der Waals surface area contributed by atoms with E-state index in [1.807, 2.05) is 49.5 Å². The van der Waals surface area contributed by atoms with Gasteiger partial charge in [0.1, 0.15) is 11.9 Å². The molecule has 1 saturated carbocycles. The summed E-state index contributed by atoms with van der Waals surface area (Å²) in [6.45, 7) is 4.86. The zero-order chi connectivity index (χ0) is 19.8. The van der Waals surface area contributed by atoms with Gasteiger partial charge in [-0.3, -0.25) is 4.79 Å². The molecule has 0 bridgehead atoms. The Hall–Kier alpha value is -2.56. The summed E-state index contributed by atoms with van der Waals surface area (Å²) in [5.41, 5.74) is 1.80. The minimum absolute atomic E-state index is 0.0234. The molecule has 1 heterocycles. The monoisotopic (exact) mass is 382 g/mol. The maximum Gasteiger partial charge on any atom is 0.251 e. The fraction of sp³-hybridized carbons (Fsp3) is 0.478. The molecule has 1 fully saturated rings. The van der Waals surface area contributed by atoms with Gasteiger partial charge in [-0.2, -0.15) is 0 Å². The van der Waals surface area contributed by atoms with Crippen LogP contribution in [0.4, 0.5) is 0 Å². The van der Waals surface area contributed by atoms with Crippen LogP contribution >= 0.6 is 0 Å². The van der Waals surface area contributed by atoms with E-state index in [0.29, 0.717) is 18.1 Å². The summed E-state index contributed by atoms with van der Waals surface area (Å²) in [4.78, 5) is 16.8. The van der Waals surface area contributed by atoms with E-state index in [0.717, 1.165) is 49.8 Å². The van der Waals surface area contributed by atoms with Gasteiger partial charge < -0.3 is 14.8 Å². The maximum absolute atomic E-state index is 12.5. The fourth-order valence-corrected chi connectivity index (χ4v) is 3.33. The van der Waals surface area contributed by atoms with Crippen molar-refractivity contribution in [3.63, 3.8) is 0 Å². The van der Waals surface area contributed by atoms with Gasteiger partial charge in [-0.1, -0.05) is 19.4 Å². The zero-order valence-electron chi connectivity index (χ0n) is 16.8. The Morgan fingerprint density at radius 3 is 2.50 bits per heavy atom. The lowest BCUT2D eigenvalue weighted by atomic mass is 9.92. The predicted octanol–water partition coefficient (Wildman–Crippen LogP) is 4.69. The molecular weight excluding hydrogens is 352 g/mol. The molecule has 1 aliphatic rings. The van der Waals surface area contributed by atoms with Crippen molar-refractivity contribution >= 4 is 5.91 Å². The molecule has 1 aliphatic carbocycles. The van der Waals surface area contributed by atoms with Crippen LogP contribution in [0.25, 0.3) is 0 Å². The lowest BCUT2D eigenvalue weighted by Crippen LogP contribution is -2.39. The number of pyridine rings is 1. The van der Waals surface area contributed by atoms with Crippen LogP contribution in [0.1, 0.15) is 61.4 Å². The number of nitrogens with zero attached hydrogens (tertiary/aromatic N) is 1. The number of unbranched alkanes of at least 4 members (excludes halogenated alkanes) is 1. The number of hydrogen-bond acceptors (Lipinski definition) is 4. The van der Waals surface area contributed by atoms with Crippen LogP contribution in [0.3, 0.4) is 0 Å². The van der Waals surface area contributed by atoms with Gasteiger partial charge in [0, 0.05) is 23.9 Å². The molecule has 1 aromatic heterocycles. The second-order valence-electron chi connectivity index (χ2n) is 7.47. The second kappa shape index (κ2) is 10.1. The number of ether oxygens (including phenoxy) is 2. The van der Waals surface area contributed by atoms with E-state index in [2.05, 4.69) is 17.2 Å². The van der Waals surface area contributed by atoms with Crippen LogP contribution in [-0.2, 0) is 0 Å². The first-order valence-corrected chi connectivity index (χ1v) is 10.3. The molecule has 1 amide bonds. The normalized spacial score (nSPS) is 19.1. The smallest absolute Gasteiger partial charge is 0.251 e. The molecule has 0 unspecified atom stereocenters. The number of rotatable bonds is 8. The standard InChI is InChI=1S/C23H30N2O3/c1-3-4-15-27-20-10-6-18(7-11-20)23(26)25-19-8-12-21(13-9-19)28-22-14-5-17(2)16-24-22/h5-7,10-11,14,16,19,21H,3-4,8-9,12-13,15H2,1-2H3,(H,25,26). The molecule has 0 aliphatic heterocycles. The van der Waals surface area contributed by atoms with E-state index in [9.17, 15) is 4.79 Å². The van der Waals surface area contributed by atoms with Crippen LogP contribution < -0.4 is 14.8 Å². The largest absolute Gasteiger partial charge is 0.494 e. The molecule has 5 heteroatoms. The van der Waals surface area contributed by atoms with E-state index in [-0.39, 0.29) is 18.1 Å². The third kappa shape index (κ3) is 5.98. The maximum atomic E-state index is 12.5. The van der Waals surface area contributed by atoms with E-state index in [1.165, 1.54) is 0 Å². The summed E-state index contributed by atoms with van der Waals surface area (Å²) in [5.74, 6) is 1.47. The minimum atomic E-state index is -0.0234. The molecule has 2 aromatic rings. The van der Waals surface area contributed by atoms with Crippen molar-refractivity contribution in [2.45, 2.75) is 64.5 Å². The Morgan fingerprint density at radius 2 is 1.86 bits per heavy atom. The Balaban J connectivity index is 1.42. The molecule has 0 spiro atoms. The number of aryl methyl sites for hydroxylation is 1. The number of carbonyl (C=O) groups is 1. The van der Waals surface area contributed by atoms with Crippen LogP contribution in [0, 0.1) is 6.92 Å². The molecule has 0 saturated heterocycles. The van der Waals surface area contributed by atoms with Crippen molar-refractivity contribution < 1.29 is 14.3 Å². The summed E-state index contributed by atoms with van der Waals surface area (Å²) >= 11 is 0. The van der Waals surface area contributed by atoms with Gasteiger partial charge in [0.25, 0.3) is 5.91 Å². The summed E-state index contributed by atoms with van der Waals surface area (Å²) < 4.78 is 11.6. The number of benzene rings is 1. The van der Waals surface area contributed by atoms with Gasteiger partial charge in [0.05, 0.1) is 6.61 Å². The van der Waals surface area contributed by atoms with Gasteiger partial charge in [0.15, 0.2) is 0 Å². The van der Waals surface area contributed by atoms with Crippen LogP contribution in [-0.4, -0.2) is 29.6 Å². The third-order valence-electron chi connectivity index (χ3n) is 5.06. The quantitative estimate of drug-likeness (QED) is 0.673. The number of amides is 1. The Morgan fingerprint density at radius 1 is 1.11 bits per heavy atom. The first kappa shape index (κ1) is 20.2. The molecule has 3 rings (SSSR count). The van der Waals surface area contributed by atoms with E-state index < -0.39 is 0 Å². The van der Waals surface area contributed by atoms with Gasteiger partial charge in [-0.15, -0.1) is 0 Å². The predicted molar refractivity (Wildman–Crippen MR) is 110 cm³/mol. The average Bonchev–Trinajstić information content (AvgIpc) is 2.72. The fourth-order valence-electron chi connectivity index (χ4n) is 3.33. The highest BCUT2D eigenvalue weighted by atomic mass is 16.5. The van der Waals surface area contributed by atoms with Gasteiger partial charge >= 0.3 is 0 Å². The van der Waals surface area contributed by atoms with Crippen molar-refractivity contribution in [3.05, 3.63) is 53.7 Å². The van der Waals surface area contributed by atoms with E-state index >= 15 is 0 Å². The number of hydrogen-bond donors (Lipinski definition) is 1. The first-order chi connectivity index (χ1) is 13.6. The van der Waals surface area contributed by atoms with Gasteiger partial charge in [-0.25, -0.2) is 4.98 Å². The molecule has 5 nitrogen and oxygen atoms in total. The third-order valence-corrected chi connectivity index (χ3v) is 5.06. The average molecular weight is 383 g/mol. The zero-order valence-corrected chi connectivity index (χ0v) is 16.8. The topological polar surface area (TPSA) is 60.5 Å². The van der Waals surface area contributed by atoms with Crippen molar-refractivity contribution in [3.8, 4) is 11.6 Å². The van der Waals surface area contributed by atoms with Crippen molar-refractivity contribution in [1.82, 2.24) is 10.3 Å². The van der Waals surface area contributed by atoms with Crippen molar-refractivity contribution in [2.24, 2.45) is 0 Å². The second-order valence-corrected chi connectivity index (χ2v) is 7.47. The summed E-state index contributed by atoms with van der Waals surface area (Å²) in [7, 11) is 0. The SMILES string of the molecule is CCCCOc1ccc(C(=O)NC2CCC(Oc3ccc(C)cn3)CC2)cc1.